The first-order valence-corrected chi connectivity index (χ1v) is 6.26. The number of aliphatic carboxylic acids is 1. The minimum atomic E-state index is -1.07. The number of carboxylic acids is 1. The Morgan fingerprint density at radius 3 is 2.67 bits per heavy atom. The van der Waals surface area contributed by atoms with Crippen LogP contribution in [0.5, 0.6) is 0 Å². The van der Waals surface area contributed by atoms with Gasteiger partial charge in [-0.3, -0.25) is 0 Å². The summed E-state index contributed by atoms with van der Waals surface area (Å²) in [5.74, 6) is -0.934. The van der Waals surface area contributed by atoms with Crippen molar-refractivity contribution in [2.75, 3.05) is 33.4 Å². The molecule has 0 spiro atoms. The Morgan fingerprint density at radius 2 is 2.17 bits per heavy atom. The first-order valence-electron chi connectivity index (χ1n) is 6.26. The first-order chi connectivity index (χ1) is 8.47. The minimum absolute atomic E-state index is 0.211. The van der Waals surface area contributed by atoms with E-state index in [-0.39, 0.29) is 6.03 Å². The second-order valence-corrected chi connectivity index (χ2v) is 4.69. The van der Waals surface area contributed by atoms with Gasteiger partial charge in [0.1, 0.15) is 5.54 Å². The molecule has 0 radical (unpaired) electrons. The molecule has 6 nitrogen and oxygen atoms in total. The molecule has 0 saturated carbocycles. The van der Waals surface area contributed by atoms with Crippen molar-refractivity contribution in [3.8, 4) is 0 Å². The summed E-state index contributed by atoms with van der Waals surface area (Å²) in [7, 11) is 1.58. The molecule has 1 saturated heterocycles. The number of urea groups is 1. The average molecular weight is 258 g/mol. The molecule has 1 aliphatic rings. The van der Waals surface area contributed by atoms with E-state index in [9.17, 15) is 14.7 Å². The van der Waals surface area contributed by atoms with E-state index in [2.05, 4.69) is 0 Å². The fourth-order valence-electron chi connectivity index (χ4n) is 2.25. The van der Waals surface area contributed by atoms with E-state index in [1.807, 2.05) is 6.92 Å². The van der Waals surface area contributed by atoms with Gasteiger partial charge in [0, 0.05) is 26.7 Å². The highest BCUT2D eigenvalue weighted by molar-refractivity contribution is 5.86. The quantitative estimate of drug-likeness (QED) is 0.799. The lowest BCUT2D eigenvalue weighted by Crippen LogP contribution is -2.55. The summed E-state index contributed by atoms with van der Waals surface area (Å²) < 4.78 is 4.96. The molecule has 104 valence electrons. The van der Waals surface area contributed by atoms with Crippen LogP contribution in [0.1, 0.15) is 26.7 Å². The monoisotopic (exact) mass is 258 g/mol. The summed E-state index contributed by atoms with van der Waals surface area (Å²) >= 11 is 0. The Bertz CT molecular complexity index is 321. The number of amides is 2. The van der Waals surface area contributed by atoms with Crippen LogP contribution in [0, 0.1) is 0 Å². The number of rotatable bonds is 5. The van der Waals surface area contributed by atoms with Crippen LogP contribution in [0.3, 0.4) is 0 Å². The number of hydrogen-bond donors (Lipinski definition) is 1. The lowest BCUT2D eigenvalue weighted by molar-refractivity contribution is -0.147. The van der Waals surface area contributed by atoms with Crippen LogP contribution in [0.4, 0.5) is 4.79 Å². The van der Waals surface area contributed by atoms with Gasteiger partial charge in [0.05, 0.1) is 6.61 Å². The summed E-state index contributed by atoms with van der Waals surface area (Å²) in [6.45, 7) is 5.49. The van der Waals surface area contributed by atoms with Crippen molar-refractivity contribution < 1.29 is 19.4 Å². The normalized spacial score (nSPS) is 23.2. The molecule has 0 aromatic heterocycles. The van der Waals surface area contributed by atoms with E-state index < -0.39 is 11.5 Å². The fourth-order valence-corrected chi connectivity index (χ4v) is 2.25. The zero-order chi connectivity index (χ0) is 13.8. The van der Waals surface area contributed by atoms with Crippen molar-refractivity contribution in [2.24, 2.45) is 0 Å². The Labute approximate surface area is 107 Å². The molecular weight excluding hydrogens is 236 g/mol. The van der Waals surface area contributed by atoms with Gasteiger partial charge in [0.15, 0.2) is 0 Å². The second kappa shape index (κ2) is 6.04. The number of likely N-dealkylation sites (tertiary alicyclic amines) is 1. The van der Waals surface area contributed by atoms with E-state index >= 15 is 0 Å². The lowest BCUT2D eigenvalue weighted by atomic mass is 10.00. The summed E-state index contributed by atoms with van der Waals surface area (Å²) in [6, 6.07) is -0.211. The maximum absolute atomic E-state index is 12.3. The van der Waals surface area contributed by atoms with Crippen LogP contribution in [-0.2, 0) is 9.53 Å². The third kappa shape index (κ3) is 2.75. The van der Waals surface area contributed by atoms with Gasteiger partial charge in [-0.2, -0.15) is 0 Å². The molecule has 1 rings (SSSR count). The van der Waals surface area contributed by atoms with E-state index in [4.69, 9.17) is 4.74 Å². The predicted octanol–water partition coefficient (Wildman–Crippen LogP) is 1.01. The van der Waals surface area contributed by atoms with Gasteiger partial charge < -0.3 is 19.6 Å². The third-order valence-corrected chi connectivity index (χ3v) is 3.55. The molecule has 1 unspecified atom stereocenters. The van der Waals surface area contributed by atoms with Gasteiger partial charge in [-0.25, -0.2) is 9.59 Å². The highest BCUT2D eigenvalue weighted by Crippen LogP contribution is 2.30. The predicted molar refractivity (Wildman–Crippen MR) is 66.5 cm³/mol. The SMILES string of the molecule is CCN(CCOC)C(=O)N1CCCC1(C)C(=O)O. The van der Waals surface area contributed by atoms with Gasteiger partial charge in [0.25, 0.3) is 0 Å². The molecule has 1 atom stereocenters. The smallest absolute Gasteiger partial charge is 0.329 e. The van der Waals surface area contributed by atoms with Gasteiger partial charge >= 0.3 is 12.0 Å². The number of carboxylic acid groups (broad SMARTS) is 1. The van der Waals surface area contributed by atoms with E-state index in [1.54, 1.807) is 18.9 Å². The molecule has 6 heteroatoms. The van der Waals surface area contributed by atoms with Crippen molar-refractivity contribution in [3.05, 3.63) is 0 Å². The number of nitrogens with zero attached hydrogens (tertiary/aromatic N) is 2. The van der Waals surface area contributed by atoms with Crippen LogP contribution < -0.4 is 0 Å². The summed E-state index contributed by atoms with van der Waals surface area (Å²) in [4.78, 5) is 26.7. The zero-order valence-corrected chi connectivity index (χ0v) is 11.3. The molecule has 1 heterocycles. The van der Waals surface area contributed by atoms with E-state index in [0.29, 0.717) is 32.7 Å². The highest BCUT2D eigenvalue weighted by atomic mass is 16.5. The number of methoxy groups -OCH3 is 1. The van der Waals surface area contributed by atoms with E-state index in [0.717, 1.165) is 6.42 Å². The van der Waals surface area contributed by atoms with Crippen molar-refractivity contribution >= 4 is 12.0 Å². The molecule has 1 N–H and O–H groups in total. The Balaban J connectivity index is 2.78. The Kier molecular flexibility index (Phi) is 4.95. The zero-order valence-electron chi connectivity index (χ0n) is 11.3. The summed E-state index contributed by atoms with van der Waals surface area (Å²) in [5.41, 5.74) is -1.07. The minimum Gasteiger partial charge on any atom is -0.480 e. The molecule has 18 heavy (non-hydrogen) atoms. The number of carbonyl (C=O) groups excluding carboxylic acids is 1. The van der Waals surface area contributed by atoms with Crippen LogP contribution in [0.2, 0.25) is 0 Å². The summed E-state index contributed by atoms with van der Waals surface area (Å²) in [5, 5.41) is 9.29. The molecule has 1 fully saturated rings. The lowest BCUT2D eigenvalue weighted by Gasteiger charge is -2.35. The molecule has 1 aliphatic heterocycles. The molecule has 0 bridgehead atoms. The maximum Gasteiger partial charge on any atom is 0.329 e. The first kappa shape index (κ1) is 14.8. The molecule has 2 amide bonds. The van der Waals surface area contributed by atoms with Gasteiger partial charge in [-0.05, 0) is 26.7 Å². The van der Waals surface area contributed by atoms with Gasteiger partial charge in [-0.15, -0.1) is 0 Å². The van der Waals surface area contributed by atoms with Crippen LogP contribution in [-0.4, -0.2) is 65.8 Å². The van der Waals surface area contributed by atoms with Crippen molar-refractivity contribution in [3.63, 3.8) is 0 Å². The number of hydrogen-bond acceptors (Lipinski definition) is 3. The molecular formula is C12H22N2O4. The Morgan fingerprint density at radius 1 is 1.50 bits per heavy atom. The highest BCUT2D eigenvalue weighted by Gasteiger charge is 2.46. The second-order valence-electron chi connectivity index (χ2n) is 4.69. The third-order valence-electron chi connectivity index (χ3n) is 3.55. The van der Waals surface area contributed by atoms with Crippen molar-refractivity contribution in [2.45, 2.75) is 32.2 Å². The molecule has 0 aromatic rings. The maximum atomic E-state index is 12.3. The van der Waals surface area contributed by atoms with E-state index in [1.165, 1.54) is 4.90 Å². The molecule has 0 aliphatic carbocycles. The number of ether oxygens (including phenoxy) is 1. The van der Waals surface area contributed by atoms with Gasteiger partial charge in [0.2, 0.25) is 0 Å². The van der Waals surface area contributed by atoms with Crippen LogP contribution in [0.25, 0.3) is 0 Å². The van der Waals surface area contributed by atoms with Crippen molar-refractivity contribution in [1.82, 2.24) is 9.80 Å². The molecule has 0 aromatic carbocycles. The van der Waals surface area contributed by atoms with Gasteiger partial charge in [-0.1, -0.05) is 0 Å². The standard InChI is InChI=1S/C12H22N2O4/c1-4-13(8-9-18-3)11(17)14-7-5-6-12(14,2)10(15)16/h4-9H2,1-3H3,(H,15,16). The Hall–Kier alpha value is -1.30. The van der Waals surface area contributed by atoms with Crippen LogP contribution in [0.15, 0.2) is 0 Å². The van der Waals surface area contributed by atoms with Crippen LogP contribution >= 0.6 is 0 Å². The summed E-state index contributed by atoms with van der Waals surface area (Å²) in [6.07, 6.45) is 1.24. The number of carbonyl (C=O) groups is 2. The fraction of sp³-hybridized carbons (Fsp3) is 0.833. The largest absolute Gasteiger partial charge is 0.480 e. The van der Waals surface area contributed by atoms with Crippen molar-refractivity contribution in [1.29, 1.82) is 0 Å². The number of likely N-dealkylation sites (N-methyl/N-ethyl adjacent to an activating group) is 1. The topological polar surface area (TPSA) is 70.1 Å². The average Bonchev–Trinajstić information content (AvgIpc) is 2.73.